The molecule has 6 atom stereocenters. The van der Waals surface area contributed by atoms with Crippen molar-refractivity contribution in [1.29, 1.82) is 0 Å². The smallest absolute Gasteiger partial charge is 0.312 e. The summed E-state index contributed by atoms with van der Waals surface area (Å²) in [6.07, 6.45) is 0.827. The van der Waals surface area contributed by atoms with Crippen molar-refractivity contribution in [3.05, 3.63) is 0 Å². The van der Waals surface area contributed by atoms with E-state index in [4.69, 9.17) is 9.47 Å². The number of carboxylic acids is 1. The van der Waals surface area contributed by atoms with Crippen molar-refractivity contribution in [2.75, 3.05) is 13.4 Å². The topological polar surface area (TPSA) is 72.8 Å². The third kappa shape index (κ3) is 2.36. The van der Waals surface area contributed by atoms with Crippen LogP contribution in [0.2, 0.25) is 0 Å². The molecule has 0 aromatic rings. The summed E-state index contributed by atoms with van der Waals surface area (Å²) in [4.78, 5) is 23.6. The number of fused-ring (bicyclic) bond motifs is 2. The molecule has 2 bridgehead atoms. The minimum Gasteiger partial charge on any atom is -0.481 e. The SMILES string of the molecule is CCOCOC(=O)C1C2CC(C(C)C2C)C1C(=O)O. The molecule has 0 spiro atoms. The molecule has 0 heterocycles. The number of carbonyl (C=O) groups excluding carboxylic acids is 1. The molecule has 108 valence electrons. The molecule has 0 saturated heterocycles. The molecule has 19 heavy (non-hydrogen) atoms. The molecule has 1 N–H and O–H groups in total. The Bertz CT molecular complexity index is 367. The Balaban J connectivity index is 2.09. The van der Waals surface area contributed by atoms with Crippen LogP contribution in [0.5, 0.6) is 0 Å². The highest BCUT2D eigenvalue weighted by molar-refractivity contribution is 5.83. The fraction of sp³-hybridized carbons (Fsp3) is 0.857. The van der Waals surface area contributed by atoms with Crippen LogP contribution in [0.25, 0.3) is 0 Å². The Morgan fingerprint density at radius 3 is 2.26 bits per heavy atom. The van der Waals surface area contributed by atoms with Gasteiger partial charge < -0.3 is 14.6 Å². The number of carboxylic acid groups (broad SMARTS) is 1. The monoisotopic (exact) mass is 270 g/mol. The van der Waals surface area contributed by atoms with E-state index in [0.29, 0.717) is 18.4 Å². The number of carbonyl (C=O) groups is 2. The number of esters is 1. The van der Waals surface area contributed by atoms with Crippen molar-refractivity contribution < 1.29 is 24.2 Å². The molecule has 2 aliphatic carbocycles. The summed E-state index contributed by atoms with van der Waals surface area (Å²) >= 11 is 0. The van der Waals surface area contributed by atoms with Crippen LogP contribution >= 0.6 is 0 Å². The van der Waals surface area contributed by atoms with Crippen LogP contribution in [0.3, 0.4) is 0 Å². The first-order valence-electron chi connectivity index (χ1n) is 6.96. The maximum absolute atomic E-state index is 12.1. The zero-order valence-electron chi connectivity index (χ0n) is 11.7. The van der Waals surface area contributed by atoms with Gasteiger partial charge in [-0.15, -0.1) is 0 Å². The number of hydrogen-bond acceptors (Lipinski definition) is 4. The Morgan fingerprint density at radius 2 is 1.74 bits per heavy atom. The van der Waals surface area contributed by atoms with Crippen molar-refractivity contribution in [2.24, 2.45) is 35.5 Å². The molecule has 2 saturated carbocycles. The zero-order valence-corrected chi connectivity index (χ0v) is 11.7. The fourth-order valence-corrected chi connectivity index (χ4v) is 3.94. The van der Waals surface area contributed by atoms with Crippen LogP contribution in [-0.4, -0.2) is 30.4 Å². The standard InChI is InChI=1S/C14H22O5/c1-4-18-6-19-14(17)12-10-5-9(7(2)8(10)3)11(12)13(15)16/h7-12H,4-6H2,1-3H3,(H,15,16). The molecule has 5 heteroatoms. The van der Waals surface area contributed by atoms with E-state index in [-0.39, 0.29) is 18.6 Å². The van der Waals surface area contributed by atoms with E-state index in [1.165, 1.54) is 0 Å². The van der Waals surface area contributed by atoms with Gasteiger partial charge in [0.05, 0.1) is 11.8 Å². The maximum atomic E-state index is 12.1. The van der Waals surface area contributed by atoms with E-state index in [2.05, 4.69) is 13.8 Å². The highest BCUT2D eigenvalue weighted by Crippen LogP contribution is 2.58. The molecule has 0 aromatic heterocycles. The minimum atomic E-state index is -0.871. The lowest BCUT2D eigenvalue weighted by Crippen LogP contribution is -2.41. The summed E-state index contributed by atoms with van der Waals surface area (Å²) in [5, 5.41) is 9.39. The van der Waals surface area contributed by atoms with Gasteiger partial charge in [0.1, 0.15) is 0 Å². The lowest BCUT2D eigenvalue weighted by molar-refractivity contribution is -0.171. The molecule has 2 rings (SSSR count). The number of hydrogen-bond donors (Lipinski definition) is 1. The average molecular weight is 270 g/mol. The Kier molecular flexibility index (Phi) is 4.13. The zero-order chi connectivity index (χ0) is 14.2. The maximum Gasteiger partial charge on any atom is 0.312 e. The number of rotatable bonds is 5. The van der Waals surface area contributed by atoms with Crippen molar-refractivity contribution in [3.8, 4) is 0 Å². The van der Waals surface area contributed by atoms with Gasteiger partial charge in [0.25, 0.3) is 0 Å². The molecule has 6 unspecified atom stereocenters. The predicted molar refractivity (Wildman–Crippen MR) is 67.1 cm³/mol. The summed E-state index contributed by atoms with van der Waals surface area (Å²) in [6, 6.07) is 0. The molecule has 0 aliphatic heterocycles. The average Bonchev–Trinajstić information content (AvgIpc) is 2.87. The molecule has 0 radical (unpaired) electrons. The van der Waals surface area contributed by atoms with Crippen LogP contribution in [0.4, 0.5) is 0 Å². The van der Waals surface area contributed by atoms with E-state index in [1.54, 1.807) is 0 Å². The second kappa shape index (κ2) is 5.49. The van der Waals surface area contributed by atoms with Crippen LogP contribution in [-0.2, 0) is 19.1 Å². The van der Waals surface area contributed by atoms with Crippen molar-refractivity contribution in [3.63, 3.8) is 0 Å². The van der Waals surface area contributed by atoms with Gasteiger partial charge in [-0.05, 0) is 37.0 Å². The van der Waals surface area contributed by atoms with E-state index < -0.39 is 23.8 Å². The Hall–Kier alpha value is -1.10. The van der Waals surface area contributed by atoms with E-state index in [9.17, 15) is 14.7 Å². The highest BCUT2D eigenvalue weighted by atomic mass is 16.7. The van der Waals surface area contributed by atoms with E-state index in [0.717, 1.165) is 6.42 Å². The lowest BCUT2D eigenvalue weighted by Gasteiger charge is -2.34. The van der Waals surface area contributed by atoms with Crippen LogP contribution in [0.15, 0.2) is 0 Å². The quantitative estimate of drug-likeness (QED) is 0.468. The normalized spacial score (nSPS) is 40.4. The van der Waals surface area contributed by atoms with Gasteiger partial charge in [0.2, 0.25) is 0 Å². The summed E-state index contributed by atoms with van der Waals surface area (Å²) in [6.45, 7) is 6.40. The first kappa shape index (κ1) is 14.3. The second-order valence-corrected chi connectivity index (χ2v) is 5.75. The summed E-state index contributed by atoms with van der Waals surface area (Å²) in [5.41, 5.74) is 0. The Morgan fingerprint density at radius 1 is 1.16 bits per heavy atom. The van der Waals surface area contributed by atoms with Gasteiger partial charge in [-0.2, -0.15) is 0 Å². The van der Waals surface area contributed by atoms with Gasteiger partial charge in [-0.1, -0.05) is 13.8 Å². The predicted octanol–water partition coefficient (Wildman–Crippen LogP) is 1.76. The van der Waals surface area contributed by atoms with Crippen LogP contribution in [0.1, 0.15) is 27.2 Å². The first-order chi connectivity index (χ1) is 8.99. The van der Waals surface area contributed by atoms with Crippen molar-refractivity contribution in [1.82, 2.24) is 0 Å². The minimum absolute atomic E-state index is 0.0838. The van der Waals surface area contributed by atoms with Crippen LogP contribution < -0.4 is 0 Å². The molecule has 0 aromatic carbocycles. The van der Waals surface area contributed by atoms with Gasteiger partial charge in [0, 0.05) is 6.61 Å². The van der Waals surface area contributed by atoms with E-state index in [1.807, 2.05) is 6.92 Å². The van der Waals surface area contributed by atoms with Crippen molar-refractivity contribution >= 4 is 11.9 Å². The van der Waals surface area contributed by atoms with Gasteiger partial charge in [-0.25, -0.2) is 0 Å². The molecule has 2 aliphatic rings. The Labute approximate surface area is 113 Å². The molecular weight excluding hydrogens is 248 g/mol. The largest absolute Gasteiger partial charge is 0.481 e. The first-order valence-corrected chi connectivity index (χ1v) is 6.96. The number of aliphatic carboxylic acids is 1. The second-order valence-electron chi connectivity index (χ2n) is 5.75. The fourth-order valence-electron chi connectivity index (χ4n) is 3.94. The molecule has 5 nitrogen and oxygen atoms in total. The lowest BCUT2D eigenvalue weighted by atomic mass is 9.69. The molecule has 2 fully saturated rings. The van der Waals surface area contributed by atoms with Crippen molar-refractivity contribution in [2.45, 2.75) is 27.2 Å². The van der Waals surface area contributed by atoms with E-state index >= 15 is 0 Å². The highest BCUT2D eigenvalue weighted by Gasteiger charge is 2.60. The summed E-state index contributed by atoms with van der Waals surface area (Å²) in [7, 11) is 0. The third-order valence-corrected chi connectivity index (χ3v) is 5.08. The van der Waals surface area contributed by atoms with Gasteiger partial charge >= 0.3 is 11.9 Å². The molecule has 0 amide bonds. The van der Waals surface area contributed by atoms with Gasteiger partial charge in [0.15, 0.2) is 6.79 Å². The van der Waals surface area contributed by atoms with Crippen LogP contribution in [0, 0.1) is 35.5 Å². The molecular formula is C14H22O5. The number of ether oxygens (including phenoxy) is 2. The van der Waals surface area contributed by atoms with Gasteiger partial charge in [-0.3, -0.25) is 9.59 Å². The summed E-state index contributed by atoms with van der Waals surface area (Å²) in [5.74, 6) is -1.40. The summed E-state index contributed by atoms with van der Waals surface area (Å²) < 4.78 is 10.1. The third-order valence-electron chi connectivity index (χ3n) is 5.08.